The number of nitrogens with one attached hydrogen (secondary N) is 1. The maximum atomic E-state index is 12.8. The van der Waals surface area contributed by atoms with Gasteiger partial charge in [-0.05, 0) is 36.1 Å². The Hall–Kier alpha value is -2.99. The molecular weight excluding hydrogens is 360 g/mol. The number of rotatable bonds is 6. The average molecular weight is 380 g/mol. The van der Waals surface area contributed by atoms with Crippen LogP contribution in [0.15, 0.2) is 60.0 Å². The third-order valence-electron chi connectivity index (χ3n) is 4.21. The van der Waals surface area contributed by atoms with E-state index in [0.717, 1.165) is 16.1 Å². The summed E-state index contributed by atoms with van der Waals surface area (Å²) in [7, 11) is 1.34. The number of amides is 1. The van der Waals surface area contributed by atoms with Crippen molar-refractivity contribution in [1.29, 1.82) is 0 Å². The molecule has 3 rings (SSSR count). The second kappa shape index (κ2) is 8.60. The van der Waals surface area contributed by atoms with E-state index in [1.165, 1.54) is 7.11 Å². The molecule has 0 aliphatic heterocycles. The zero-order valence-electron chi connectivity index (χ0n) is 15.1. The van der Waals surface area contributed by atoms with E-state index < -0.39 is 6.04 Å². The predicted molar refractivity (Wildman–Crippen MR) is 106 cm³/mol. The summed E-state index contributed by atoms with van der Waals surface area (Å²) in [6, 6.07) is 16.5. The minimum absolute atomic E-state index is 0.0615. The van der Waals surface area contributed by atoms with Crippen LogP contribution in [0.2, 0.25) is 0 Å². The van der Waals surface area contributed by atoms with Gasteiger partial charge in [-0.1, -0.05) is 36.4 Å². The fourth-order valence-corrected chi connectivity index (χ4v) is 3.48. The highest BCUT2D eigenvalue weighted by Gasteiger charge is 2.21. The number of carbonyl (C=O) groups excluding carboxylic acids is 2. The Morgan fingerprint density at radius 3 is 2.52 bits per heavy atom. The Balaban J connectivity index is 1.82. The first-order valence-corrected chi connectivity index (χ1v) is 9.40. The predicted octanol–water partition coefficient (Wildman–Crippen LogP) is 4.15. The van der Waals surface area contributed by atoms with Crippen LogP contribution < -0.4 is 5.32 Å². The normalized spacial score (nSPS) is 11.6. The van der Waals surface area contributed by atoms with E-state index in [1.807, 2.05) is 60.8 Å². The van der Waals surface area contributed by atoms with Crippen molar-refractivity contribution in [2.24, 2.45) is 0 Å². The van der Waals surface area contributed by atoms with E-state index in [2.05, 4.69) is 10.3 Å². The van der Waals surface area contributed by atoms with Gasteiger partial charge in [0.1, 0.15) is 0 Å². The molecular formula is C21H20N2O3S. The molecule has 0 aliphatic carbocycles. The number of pyridine rings is 1. The number of benzene rings is 1. The van der Waals surface area contributed by atoms with Crippen LogP contribution in [0.25, 0.3) is 10.6 Å². The van der Waals surface area contributed by atoms with Crippen molar-refractivity contribution < 1.29 is 14.3 Å². The van der Waals surface area contributed by atoms with Gasteiger partial charge in [0.2, 0.25) is 0 Å². The Bertz CT molecular complexity index is 924. The van der Waals surface area contributed by atoms with E-state index in [0.29, 0.717) is 11.3 Å². The van der Waals surface area contributed by atoms with Crippen LogP contribution in [0.5, 0.6) is 0 Å². The van der Waals surface area contributed by atoms with Crippen molar-refractivity contribution in [2.45, 2.75) is 19.4 Å². The number of methoxy groups -OCH3 is 1. The molecule has 27 heavy (non-hydrogen) atoms. The van der Waals surface area contributed by atoms with Crippen molar-refractivity contribution in [2.75, 3.05) is 7.11 Å². The topological polar surface area (TPSA) is 68.3 Å². The van der Waals surface area contributed by atoms with Crippen molar-refractivity contribution >= 4 is 23.2 Å². The van der Waals surface area contributed by atoms with Gasteiger partial charge in [-0.25, -0.2) is 0 Å². The SMILES string of the molecule is COC(=O)CC(NC(=O)c1ccc(-c2cccs2)nc1C)c1ccccc1. The van der Waals surface area contributed by atoms with Crippen molar-refractivity contribution in [3.05, 3.63) is 76.8 Å². The molecule has 1 aromatic carbocycles. The molecule has 1 amide bonds. The minimum atomic E-state index is -0.470. The van der Waals surface area contributed by atoms with Gasteiger partial charge in [0.25, 0.3) is 5.91 Å². The molecule has 0 saturated carbocycles. The van der Waals surface area contributed by atoms with E-state index in [1.54, 1.807) is 17.4 Å². The Labute approximate surface area is 162 Å². The molecule has 6 heteroatoms. The smallest absolute Gasteiger partial charge is 0.307 e. The summed E-state index contributed by atoms with van der Waals surface area (Å²) in [4.78, 5) is 30.2. The van der Waals surface area contributed by atoms with Crippen molar-refractivity contribution in [3.63, 3.8) is 0 Å². The van der Waals surface area contributed by atoms with Crippen LogP contribution >= 0.6 is 11.3 Å². The van der Waals surface area contributed by atoms with Crippen LogP contribution in [0.4, 0.5) is 0 Å². The van der Waals surface area contributed by atoms with Gasteiger partial charge in [0.05, 0.1) is 41.4 Å². The third-order valence-corrected chi connectivity index (χ3v) is 5.10. The number of aryl methyl sites for hydroxylation is 1. The number of thiophene rings is 1. The lowest BCUT2D eigenvalue weighted by Crippen LogP contribution is -2.31. The second-order valence-electron chi connectivity index (χ2n) is 6.02. The van der Waals surface area contributed by atoms with Gasteiger partial charge < -0.3 is 10.1 Å². The first-order valence-electron chi connectivity index (χ1n) is 8.52. The zero-order valence-corrected chi connectivity index (χ0v) is 16.0. The highest BCUT2D eigenvalue weighted by molar-refractivity contribution is 7.13. The number of aromatic nitrogens is 1. The maximum Gasteiger partial charge on any atom is 0.307 e. The number of nitrogens with zero attached hydrogens (tertiary/aromatic N) is 1. The first kappa shape index (κ1) is 18.8. The third kappa shape index (κ3) is 4.60. The monoisotopic (exact) mass is 380 g/mol. The molecule has 1 N–H and O–H groups in total. The minimum Gasteiger partial charge on any atom is -0.469 e. The summed E-state index contributed by atoms with van der Waals surface area (Å²) < 4.78 is 4.77. The summed E-state index contributed by atoms with van der Waals surface area (Å²) in [5, 5.41) is 4.92. The summed E-state index contributed by atoms with van der Waals surface area (Å²) in [6.07, 6.45) is 0.0615. The highest BCUT2D eigenvalue weighted by Crippen LogP contribution is 2.24. The number of hydrogen-bond acceptors (Lipinski definition) is 5. The quantitative estimate of drug-likeness (QED) is 0.652. The lowest BCUT2D eigenvalue weighted by Gasteiger charge is -2.19. The van der Waals surface area contributed by atoms with Gasteiger partial charge in [0.15, 0.2) is 0 Å². The van der Waals surface area contributed by atoms with Crippen LogP contribution in [0.1, 0.15) is 34.1 Å². The molecule has 2 heterocycles. The van der Waals surface area contributed by atoms with Gasteiger partial charge in [0, 0.05) is 0 Å². The van der Waals surface area contributed by atoms with E-state index >= 15 is 0 Å². The molecule has 3 aromatic rings. The molecule has 1 atom stereocenters. The number of esters is 1. The fourth-order valence-electron chi connectivity index (χ4n) is 2.79. The molecule has 138 valence electrons. The van der Waals surface area contributed by atoms with Gasteiger partial charge in [-0.2, -0.15) is 0 Å². The summed E-state index contributed by atoms with van der Waals surface area (Å²) in [5.41, 5.74) is 2.81. The molecule has 0 bridgehead atoms. The van der Waals surface area contributed by atoms with Crippen LogP contribution in [-0.2, 0) is 9.53 Å². The summed E-state index contributed by atoms with van der Waals surface area (Å²) in [6.45, 7) is 1.81. The standard InChI is InChI=1S/C21H20N2O3S/c1-14-16(10-11-17(22-14)19-9-6-12-27-19)21(25)23-18(13-20(24)26-2)15-7-4-3-5-8-15/h3-12,18H,13H2,1-2H3,(H,23,25). The molecule has 5 nitrogen and oxygen atoms in total. The molecule has 0 aliphatic rings. The van der Waals surface area contributed by atoms with E-state index in [9.17, 15) is 9.59 Å². The summed E-state index contributed by atoms with van der Waals surface area (Å²) in [5.74, 6) is -0.650. The van der Waals surface area contributed by atoms with Crippen molar-refractivity contribution in [1.82, 2.24) is 10.3 Å². The number of hydrogen-bond donors (Lipinski definition) is 1. The second-order valence-corrected chi connectivity index (χ2v) is 6.97. The number of carbonyl (C=O) groups is 2. The molecule has 0 fully saturated rings. The summed E-state index contributed by atoms with van der Waals surface area (Å²) >= 11 is 1.60. The molecule has 0 saturated heterocycles. The van der Waals surface area contributed by atoms with Gasteiger partial charge in [-0.15, -0.1) is 11.3 Å². The van der Waals surface area contributed by atoms with E-state index in [4.69, 9.17) is 4.74 Å². The van der Waals surface area contributed by atoms with Crippen LogP contribution in [-0.4, -0.2) is 24.0 Å². The fraction of sp³-hybridized carbons (Fsp3) is 0.190. The first-order chi connectivity index (χ1) is 13.1. The molecule has 0 radical (unpaired) electrons. The Morgan fingerprint density at radius 2 is 1.89 bits per heavy atom. The average Bonchev–Trinajstić information content (AvgIpc) is 3.22. The number of ether oxygens (including phenoxy) is 1. The van der Waals surface area contributed by atoms with Crippen molar-refractivity contribution in [3.8, 4) is 10.6 Å². The van der Waals surface area contributed by atoms with E-state index in [-0.39, 0.29) is 18.3 Å². The molecule has 0 spiro atoms. The maximum absolute atomic E-state index is 12.8. The lowest BCUT2D eigenvalue weighted by atomic mass is 10.0. The lowest BCUT2D eigenvalue weighted by molar-refractivity contribution is -0.141. The Morgan fingerprint density at radius 1 is 1.11 bits per heavy atom. The van der Waals surface area contributed by atoms with Gasteiger partial charge in [-0.3, -0.25) is 14.6 Å². The molecule has 2 aromatic heterocycles. The molecule has 1 unspecified atom stereocenters. The highest BCUT2D eigenvalue weighted by atomic mass is 32.1. The largest absolute Gasteiger partial charge is 0.469 e. The Kier molecular flexibility index (Phi) is 5.98. The van der Waals surface area contributed by atoms with Crippen LogP contribution in [0, 0.1) is 6.92 Å². The van der Waals surface area contributed by atoms with Gasteiger partial charge >= 0.3 is 5.97 Å². The van der Waals surface area contributed by atoms with Crippen LogP contribution in [0.3, 0.4) is 0 Å². The zero-order chi connectivity index (χ0) is 19.2.